The molecule has 0 radical (unpaired) electrons. The van der Waals surface area contributed by atoms with Crippen LogP contribution >= 0.6 is 11.6 Å². The van der Waals surface area contributed by atoms with Crippen molar-refractivity contribution in [2.75, 3.05) is 4.90 Å². The first-order valence-electron chi connectivity index (χ1n) is 9.78. The maximum Gasteiger partial charge on any atom is 0.232 e. The quantitative estimate of drug-likeness (QED) is 0.612. The molecule has 2 aromatic rings. The molecule has 1 unspecified atom stereocenters. The Labute approximate surface area is 175 Å². The lowest BCUT2D eigenvalue weighted by atomic mass is 9.69. The second-order valence-electron chi connectivity index (χ2n) is 8.71. The zero-order valence-corrected chi connectivity index (χ0v) is 17.5. The second kappa shape index (κ2) is 7.10. The fraction of sp³-hybridized carbons (Fsp3) is 0.333. The Morgan fingerprint density at radius 3 is 2.48 bits per heavy atom. The topological polar surface area (TPSA) is 37.4 Å². The molecule has 1 amide bonds. The van der Waals surface area contributed by atoms with E-state index in [-0.39, 0.29) is 34.1 Å². The Kier molecular flexibility index (Phi) is 4.86. The molecule has 150 valence electrons. The van der Waals surface area contributed by atoms with Crippen molar-refractivity contribution < 1.29 is 14.0 Å². The van der Waals surface area contributed by atoms with Crippen LogP contribution in [-0.2, 0) is 9.59 Å². The minimum Gasteiger partial charge on any atom is -0.294 e. The summed E-state index contributed by atoms with van der Waals surface area (Å²) in [6.07, 6.45) is 0.945. The van der Waals surface area contributed by atoms with Crippen LogP contribution in [0.15, 0.2) is 53.7 Å². The summed E-state index contributed by atoms with van der Waals surface area (Å²) in [4.78, 5) is 28.3. The highest BCUT2D eigenvalue weighted by Crippen LogP contribution is 2.49. The maximum atomic E-state index is 14.7. The normalized spacial score (nSPS) is 21.4. The summed E-state index contributed by atoms with van der Waals surface area (Å²) in [5.74, 6) is -1.32. The molecule has 2 aromatic carbocycles. The highest BCUT2D eigenvalue weighted by Gasteiger charge is 2.45. The molecule has 0 saturated heterocycles. The van der Waals surface area contributed by atoms with Gasteiger partial charge < -0.3 is 0 Å². The van der Waals surface area contributed by atoms with Gasteiger partial charge in [0.25, 0.3) is 0 Å². The largest absolute Gasteiger partial charge is 0.294 e. The molecule has 1 atom stereocenters. The fourth-order valence-corrected chi connectivity index (χ4v) is 4.89. The van der Waals surface area contributed by atoms with Gasteiger partial charge in [-0.2, -0.15) is 0 Å². The lowest BCUT2D eigenvalue weighted by Crippen LogP contribution is -2.44. The van der Waals surface area contributed by atoms with Crippen LogP contribution < -0.4 is 4.90 Å². The van der Waals surface area contributed by atoms with Gasteiger partial charge in [-0.1, -0.05) is 49.7 Å². The summed E-state index contributed by atoms with van der Waals surface area (Å²) >= 11 is 6.33. The number of halogens is 2. The smallest absolute Gasteiger partial charge is 0.232 e. The predicted octanol–water partition coefficient (Wildman–Crippen LogP) is 5.95. The van der Waals surface area contributed by atoms with Crippen molar-refractivity contribution in [3.8, 4) is 0 Å². The lowest BCUT2D eigenvalue weighted by Gasteiger charge is -2.43. The van der Waals surface area contributed by atoms with Crippen molar-refractivity contribution in [3.63, 3.8) is 0 Å². The number of ketones is 1. The van der Waals surface area contributed by atoms with Gasteiger partial charge in [0.1, 0.15) is 5.82 Å². The van der Waals surface area contributed by atoms with Crippen molar-refractivity contribution in [1.82, 2.24) is 0 Å². The number of nitrogens with zero attached hydrogens (tertiary/aromatic N) is 1. The lowest BCUT2D eigenvalue weighted by molar-refractivity contribution is -0.121. The van der Waals surface area contributed by atoms with E-state index >= 15 is 0 Å². The fourth-order valence-electron chi connectivity index (χ4n) is 4.60. The number of para-hydroxylation sites is 1. The number of anilines is 1. The summed E-state index contributed by atoms with van der Waals surface area (Å²) in [6, 6.07) is 12.1. The number of carbonyl (C=O) groups is 2. The molecule has 0 bridgehead atoms. The zero-order valence-electron chi connectivity index (χ0n) is 16.8. The molecule has 5 heteroatoms. The first kappa shape index (κ1) is 19.8. The van der Waals surface area contributed by atoms with Crippen LogP contribution in [0.5, 0.6) is 0 Å². The van der Waals surface area contributed by atoms with E-state index in [1.54, 1.807) is 11.0 Å². The van der Waals surface area contributed by atoms with Crippen molar-refractivity contribution in [2.24, 2.45) is 5.41 Å². The van der Waals surface area contributed by atoms with E-state index in [1.807, 2.05) is 45.0 Å². The standard InChI is InChI=1S/C24H23ClFNO2/c1-14-7-4-5-10-18(14)27-19-12-24(2,3)13-20(28)23(19)15(11-21(27)29)22-16(25)8-6-9-17(22)26/h4-10,15H,11-13H2,1-3H3. The SMILES string of the molecule is Cc1ccccc1N1C(=O)CC(c2c(F)cccc2Cl)C2=C1CC(C)(C)CC2=O. The Morgan fingerprint density at radius 1 is 1.07 bits per heavy atom. The van der Waals surface area contributed by atoms with Gasteiger partial charge in [0.2, 0.25) is 5.91 Å². The van der Waals surface area contributed by atoms with Crippen molar-refractivity contribution >= 4 is 29.0 Å². The van der Waals surface area contributed by atoms with Gasteiger partial charge in [0, 0.05) is 40.6 Å². The summed E-state index contributed by atoms with van der Waals surface area (Å²) in [5.41, 5.74) is 2.89. The average molecular weight is 412 g/mol. The number of allylic oxidation sites excluding steroid dienone is 2. The van der Waals surface area contributed by atoms with Crippen LogP contribution in [0.2, 0.25) is 5.02 Å². The van der Waals surface area contributed by atoms with E-state index in [2.05, 4.69) is 0 Å². The highest BCUT2D eigenvalue weighted by molar-refractivity contribution is 6.31. The van der Waals surface area contributed by atoms with Crippen LogP contribution in [0, 0.1) is 18.2 Å². The van der Waals surface area contributed by atoms with Crippen LogP contribution in [0.1, 0.15) is 50.2 Å². The molecule has 29 heavy (non-hydrogen) atoms. The van der Waals surface area contributed by atoms with Gasteiger partial charge in [-0.25, -0.2) is 4.39 Å². The van der Waals surface area contributed by atoms with E-state index in [0.29, 0.717) is 24.1 Å². The predicted molar refractivity (Wildman–Crippen MR) is 112 cm³/mol. The van der Waals surface area contributed by atoms with E-state index < -0.39 is 11.7 Å². The average Bonchev–Trinajstić information content (AvgIpc) is 2.61. The minimum atomic E-state index is -0.657. The number of hydrogen-bond acceptors (Lipinski definition) is 2. The second-order valence-corrected chi connectivity index (χ2v) is 9.12. The molecule has 0 spiro atoms. The molecule has 0 aromatic heterocycles. The van der Waals surface area contributed by atoms with Crippen LogP contribution in [0.3, 0.4) is 0 Å². The third-order valence-corrected chi connectivity index (χ3v) is 6.18. The Balaban J connectivity index is 1.97. The van der Waals surface area contributed by atoms with E-state index in [9.17, 15) is 14.0 Å². The van der Waals surface area contributed by atoms with Crippen LogP contribution in [-0.4, -0.2) is 11.7 Å². The number of Topliss-reactive ketones (excluding diaryl/α,β-unsaturated/α-hetero) is 1. The Hall–Kier alpha value is -2.46. The zero-order chi connectivity index (χ0) is 20.9. The van der Waals surface area contributed by atoms with Crippen molar-refractivity contribution in [1.29, 1.82) is 0 Å². The molecule has 4 rings (SSSR count). The monoisotopic (exact) mass is 411 g/mol. The third kappa shape index (κ3) is 3.40. The van der Waals surface area contributed by atoms with Gasteiger partial charge in [-0.05, 0) is 42.5 Å². The number of hydrogen-bond donors (Lipinski definition) is 0. The molecule has 0 fully saturated rings. The Morgan fingerprint density at radius 2 is 1.79 bits per heavy atom. The van der Waals surface area contributed by atoms with E-state index in [1.165, 1.54) is 12.1 Å². The number of aryl methyl sites for hydroxylation is 1. The van der Waals surface area contributed by atoms with Crippen LogP contribution in [0.4, 0.5) is 10.1 Å². The summed E-state index contributed by atoms with van der Waals surface area (Å²) in [5, 5.41) is 0.247. The molecule has 0 N–H and O–H groups in total. The van der Waals surface area contributed by atoms with Crippen molar-refractivity contribution in [2.45, 2.75) is 46.0 Å². The van der Waals surface area contributed by atoms with Crippen molar-refractivity contribution in [3.05, 3.63) is 75.7 Å². The molecule has 1 heterocycles. The highest BCUT2D eigenvalue weighted by atomic mass is 35.5. The van der Waals surface area contributed by atoms with Crippen LogP contribution in [0.25, 0.3) is 0 Å². The van der Waals surface area contributed by atoms with Gasteiger partial charge in [-0.15, -0.1) is 0 Å². The first-order valence-corrected chi connectivity index (χ1v) is 10.2. The summed E-state index contributed by atoms with van der Waals surface area (Å²) in [7, 11) is 0. The van der Waals surface area contributed by atoms with E-state index in [0.717, 1.165) is 11.3 Å². The summed E-state index contributed by atoms with van der Waals surface area (Å²) < 4.78 is 14.7. The number of carbonyl (C=O) groups excluding carboxylic acids is 2. The molecule has 1 aliphatic heterocycles. The summed E-state index contributed by atoms with van der Waals surface area (Å²) in [6.45, 7) is 5.99. The third-order valence-electron chi connectivity index (χ3n) is 5.85. The molecular formula is C24H23ClFNO2. The minimum absolute atomic E-state index is 0.0139. The van der Waals surface area contributed by atoms with Gasteiger partial charge in [0.05, 0.1) is 5.69 Å². The first-order chi connectivity index (χ1) is 13.7. The Bertz CT molecular complexity index is 1040. The van der Waals surface area contributed by atoms with E-state index in [4.69, 9.17) is 11.6 Å². The molecular weight excluding hydrogens is 389 g/mol. The number of benzene rings is 2. The maximum absolute atomic E-state index is 14.7. The molecule has 0 saturated carbocycles. The number of rotatable bonds is 2. The number of amides is 1. The van der Waals surface area contributed by atoms with Gasteiger partial charge >= 0.3 is 0 Å². The van der Waals surface area contributed by atoms with Gasteiger partial charge in [-0.3, -0.25) is 14.5 Å². The molecule has 2 aliphatic rings. The van der Waals surface area contributed by atoms with Gasteiger partial charge in [0.15, 0.2) is 5.78 Å². The molecule has 3 nitrogen and oxygen atoms in total. The molecule has 1 aliphatic carbocycles.